The third-order valence-electron chi connectivity index (χ3n) is 2.95. The van der Waals surface area contributed by atoms with Gasteiger partial charge in [-0.05, 0) is 25.7 Å². The van der Waals surface area contributed by atoms with Gasteiger partial charge in [0.05, 0.1) is 6.20 Å². The third-order valence-corrected chi connectivity index (χ3v) is 2.95. The Morgan fingerprint density at radius 1 is 1.44 bits per heavy atom. The number of H-pyrrole nitrogens is 1. The zero-order valence-corrected chi connectivity index (χ0v) is 9.07. The molecule has 1 fully saturated rings. The molecule has 0 radical (unpaired) electrons. The minimum Gasteiger partial charge on any atom is -0.369 e. The van der Waals surface area contributed by atoms with E-state index in [1.54, 1.807) is 0 Å². The highest BCUT2D eigenvalue weighted by Crippen LogP contribution is 2.17. The standard InChI is InChI=1S/C10H17N5O/c11-6-1-3-7(4-2-6)14-9(16)8-5-13-10(12)15-8/h5-7H,1-4,11H2,(H,14,16)(H3,12,13,15). The number of imidazole rings is 1. The number of nitrogens with zero attached hydrogens (tertiary/aromatic N) is 1. The van der Waals surface area contributed by atoms with Crippen LogP contribution < -0.4 is 16.8 Å². The first-order valence-electron chi connectivity index (χ1n) is 5.52. The SMILES string of the molecule is Nc1ncc(C(=O)NC2CCC(N)CC2)[nH]1. The minimum absolute atomic E-state index is 0.148. The van der Waals surface area contributed by atoms with E-state index in [0.717, 1.165) is 25.7 Å². The molecule has 0 aromatic carbocycles. The van der Waals surface area contributed by atoms with Crippen LogP contribution in [0.3, 0.4) is 0 Å². The average Bonchev–Trinajstić information content (AvgIpc) is 2.68. The zero-order chi connectivity index (χ0) is 11.5. The predicted octanol–water partition coefficient (Wildman–Crippen LogP) is -0.00840. The molecule has 1 saturated carbocycles. The zero-order valence-electron chi connectivity index (χ0n) is 9.07. The second-order valence-corrected chi connectivity index (χ2v) is 4.27. The quantitative estimate of drug-likeness (QED) is 0.565. The number of carbonyl (C=O) groups is 1. The molecule has 2 rings (SSSR count). The van der Waals surface area contributed by atoms with E-state index < -0.39 is 0 Å². The van der Waals surface area contributed by atoms with Gasteiger partial charge < -0.3 is 21.8 Å². The van der Waals surface area contributed by atoms with E-state index in [1.807, 2.05) is 0 Å². The number of anilines is 1. The lowest BCUT2D eigenvalue weighted by atomic mass is 9.92. The molecule has 0 bridgehead atoms. The Kier molecular flexibility index (Phi) is 3.09. The van der Waals surface area contributed by atoms with Gasteiger partial charge in [-0.1, -0.05) is 0 Å². The van der Waals surface area contributed by atoms with E-state index in [-0.39, 0.29) is 23.9 Å². The summed E-state index contributed by atoms with van der Waals surface area (Å²) in [5.41, 5.74) is 11.6. The molecule has 0 unspecified atom stereocenters. The summed E-state index contributed by atoms with van der Waals surface area (Å²) in [5, 5.41) is 2.95. The Morgan fingerprint density at radius 2 is 2.12 bits per heavy atom. The van der Waals surface area contributed by atoms with Crippen LogP contribution >= 0.6 is 0 Å². The summed E-state index contributed by atoms with van der Waals surface area (Å²) in [6.45, 7) is 0. The Balaban J connectivity index is 1.88. The molecule has 16 heavy (non-hydrogen) atoms. The summed E-state index contributed by atoms with van der Waals surface area (Å²) < 4.78 is 0. The molecule has 0 aliphatic heterocycles. The predicted molar refractivity (Wildman–Crippen MR) is 60.7 cm³/mol. The first-order chi connectivity index (χ1) is 7.65. The highest BCUT2D eigenvalue weighted by Gasteiger charge is 2.21. The molecule has 1 aromatic heterocycles. The Morgan fingerprint density at radius 3 is 2.69 bits per heavy atom. The smallest absolute Gasteiger partial charge is 0.269 e. The molecular weight excluding hydrogens is 206 g/mol. The number of aromatic nitrogens is 2. The molecule has 0 saturated heterocycles. The topological polar surface area (TPSA) is 110 Å². The summed E-state index contributed by atoms with van der Waals surface area (Å²) in [6.07, 6.45) is 5.26. The maximum atomic E-state index is 11.7. The van der Waals surface area contributed by atoms with E-state index in [9.17, 15) is 4.79 Å². The molecule has 6 N–H and O–H groups in total. The van der Waals surface area contributed by atoms with Gasteiger partial charge in [0.1, 0.15) is 5.69 Å². The molecule has 1 aromatic rings. The summed E-state index contributed by atoms with van der Waals surface area (Å²) in [6, 6.07) is 0.507. The van der Waals surface area contributed by atoms with Crippen molar-refractivity contribution in [2.24, 2.45) is 5.73 Å². The number of amides is 1. The van der Waals surface area contributed by atoms with Crippen molar-refractivity contribution < 1.29 is 4.79 Å². The van der Waals surface area contributed by atoms with Crippen LogP contribution in [0, 0.1) is 0 Å². The molecule has 88 valence electrons. The number of aromatic amines is 1. The second-order valence-electron chi connectivity index (χ2n) is 4.27. The fourth-order valence-electron chi connectivity index (χ4n) is 1.98. The van der Waals surface area contributed by atoms with Gasteiger partial charge in [-0.25, -0.2) is 4.98 Å². The summed E-state index contributed by atoms with van der Waals surface area (Å²) in [5.74, 6) is 0.112. The van der Waals surface area contributed by atoms with E-state index >= 15 is 0 Å². The van der Waals surface area contributed by atoms with Gasteiger partial charge in [0.25, 0.3) is 5.91 Å². The van der Waals surface area contributed by atoms with E-state index in [2.05, 4.69) is 15.3 Å². The molecule has 6 nitrogen and oxygen atoms in total. The van der Waals surface area contributed by atoms with Gasteiger partial charge in [0.2, 0.25) is 0 Å². The summed E-state index contributed by atoms with van der Waals surface area (Å²) in [4.78, 5) is 18.2. The fourth-order valence-corrected chi connectivity index (χ4v) is 1.98. The van der Waals surface area contributed by atoms with Crippen LogP contribution in [0.2, 0.25) is 0 Å². The maximum Gasteiger partial charge on any atom is 0.269 e. The molecule has 1 aliphatic rings. The number of rotatable bonds is 2. The molecule has 1 aliphatic carbocycles. The van der Waals surface area contributed by atoms with Crippen molar-refractivity contribution in [3.8, 4) is 0 Å². The number of hydrogen-bond acceptors (Lipinski definition) is 4. The lowest BCUT2D eigenvalue weighted by Gasteiger charge is -2.26. The Labute approximate surface area is 93.8 Å². The van der Waals surface area contributed by atoms with Gasteiger partial charge in [-0.3, -0.25) is 4.79 Å². The van der Waals surface area contributed by atoms with E-state index in [4.69, 9.17) is 11.5 Å². The van der Waals surface area contributed by atoms with Crippen molar-refractivity contribution in [1.29, 1.82) is 0 Å². The highest BCUT2D eigenvalue weighted by molar-refractivity contribution is 5.92. The first-order valence-corrected chi connectivity index (χ1v) is 5.52. The van der Waals surface area contributed by atoms with Crippen LogP contribution in [0.1, 0.15) is 36.2 Å². The van der Waals surface area contributed by atoms with Crippen molar-refractivity contribution >= 4 is 11.9 Å². The number of carbonyl (C=O) groups excluding carboxylic acids is 1. The lowest BCUT2D eigenvalue weighted by molar-refractivity contribution is 0.0921. The van der Waals surface area contributed by atoms with Crippen molar-refractivity contribution in [3.63, 3.8) is 0 Å². The van der Waals surface area contributed by atoms with E-state index in [1.165, 1.54) is 6.20 Å². The fraction of sp³-hybridized carbons (Fsp3) is 0.600. The largest absolute Gasteiger partial charge is 0.369 e. The molecule has 1 amide bonds. The molecule has 1 heterocycles. The molecular formula is C10H17N5O. The number of hydrogen-bond donors (Lipinski definition) is 4. The van der Waals surface area contributed by atoms with Gasteiger partial charge in [-0.15, -0.1) is 0 Å². The summed E-state index contributed by atoms with van der Waals surface area (Å²) in [7, 11) is 0. The van der Waals surface area contributed by atoms with Gasteiger partial charge in [0, 0.05) is 12.1 Å². The highest BCUT2D eigenvalue weighted by atomic mass is 16.2. The molecule has 6 heteroatoms. The normalized spacial score (nSPS) is 25.3. The van der Waals surface area contributed by atoms with E-state index in [0.29, 0.717) is 5.69 Å². The van der Waals surface area contributed by atoms with Crippen molar-refractivity contribution in [3.05, 3.63) is 11.9 Å². The lowest BCUT2D eigenvalue weighted by Crippen LogP contribution is -2.40. The minimum atomic E-state index is -0.148. The van der Waals surface area contributed by atoms with Gasteiger partial charge in [0.15, 0.2) is 5.95 Å². The number of nitrogen functional groups attached to an aromatic ring is 1. The summed E-state index contributed by atoms with van der Waals surface area (Å²) >= 11 is 0. The molecule has 0 spiro atoms. The van der Waals surface area contributed by atoms with Crippen LogP contribution in [0.15, 0.2) is 6.20 Å². The van der Waals surface area contributed by atoms with Crippen molar-refractivity contribution in [2.75, 3.05) is 5.73 Å². The van der Waals surface area contributed by atoms with Crippen molar-refractivity contribution in [1.82, 2.24) is 15.3 Å². The van der Waals surface area contributed by atoms with Crippen molar-refractivity contribution in [2.45, 2.75) is 37.8 Å². The van der Waals surface area contributed by atoms with Gasteiger partial charge in [-0.2, -0.15) is 0 Å². The average molecular weight is 223 g/mol. The number of nitrogens with one attached hydrogen (secondary N) is 2. The third kappa shape index (κ3) is 2.52. The maximum absolute atomic E-state index is 11.7. The van der Waals surface area contributed by atoms with Crippen LogP contribution in [-0.2, 0) is 0 Å². The molecule has 0 atom stereocenters. The van der Waals surface area contributed by atoms with Crippen LogP contribution in [0.4, 0.5) is 5.95 Å². The second kappa shape index (κ2) is 4.52. The van der Waals surface area contributed by atoms with Crippen LogP contribution in [0.5, 0.6) is 0 Å². The monoisotopic (exact) mass is 223 g/mol. The first kappa shape index (κ1) is 10.9. The van der Waals surface area contributed by atoms with Crippen LogP contribution in [0.25, 0.3) is 0 Å². The Bertz CT molecular complexity index is 367. The van der Waals surface area contributed by atoms with Gasteiger partial charge >= 0.3 is 0 Å². The van der Waals surface area contributed by atoms with Crippen LogP contribution in [-0.4, -0.2) is 28.0 Å². The Hall–Kier alpha value is -1.56. The number of nitrogens with two attached hydrogens (primary N) is 2.